The van der Waals surface area contributed by atoms with Gasteiger partial charge in [0.15, 0.2) is 17.3 Å². The van der Waals surface area contributed by atoms with Crippen LogP contribution in [0, 0.1) is 6.92 Å². The van der Waals surface area contributed by atoms with Gasteiger partial charge in [0.05, 0.1) is 5.92 Å². The van der Waals surface area contributed by atoms with Crippen LogP contribution in [-0.4, -0.2) is 0 Å². The zero-order chi connectivity index (χ0) is 15.0. The van der Waals surface area contributed by atoms with Gasteiger partial charge < -0.3 is 17.7 Å². The van der Waals surface area contributed by atoms with Crippen molar-refractivity contribution < 1.29 is 17.7 Å². The molecular weight excluding hydrogens is 276 g/mol. The molecule has 1 unspecified atom stereocenters. The van der Waals surface area contributed by atoms with E-state index in [2.05, 4.69) is 0 Å². The molecule has 0 amide bonds. The van der Waals surface area contributed by atoms with Crippen LogP contribution in [0.4, 0.5) is 0 Å². The minimum Gasteiger partial charge on any atom is -0.396 e. The van der Waals surface area contributed by atoms with Crippen molar-refractivity contribution >= 4 is 0 Å². The predicted octanol–water partition coefficient (Wildman–Crippen LogP) is 2.91. The van der Waals surface area contributed by atoms with Crippen LogP contribution < -0.4 is 11.6 Å². The molecule has 0 spiro atoms. The Morgan fingerprint density at radius 3 is 2.10 bits per heavy atom. The van der Waals surface area contributed by atoms with Gasteiger partial charge in [-0.1, -0.05) is 30.3 Å². The molecule has 0 saturated carbocycles. The molecule has 1 aromatic carbocycles. The lowest BCUT2D eigenvalue weighted by Crippen LogP contribution is -1.98. The normalized spacial score (nSPS) is 12.5. The Kier molecular flexibility index (Phi) is 3.13. The van der Waals surface area contributed by atoms with Crippen molar-refractivity contribution in [3.63, 3.8) is 0 Å². The summed E-state index contributed by atoms with van der Waals surface area (Å²) in [5.74, 6) is -0.828. The SMILES string of the molecule is Cc1oc(=O)oc1C(C)c1oc(=O)oc1-c1ccccc1. The van der Waals surface area contributed by atoms with Crippen LogP contribution in [0.5, 0.6) is 0 Å². The highest BCUT2D eigenvalue weighted by Crippen LogP contribution is 2.33. The van der Waals surface area contributed by atoms with Crippen LogP contribution in [0.15, 0.2) is 57.6 Å². The largest absolute Gasteiger partial charge is 0.519 e. The summed E-state index contributed by atoms with van der Waals surface area (Å²) in [6.07, 6.45) is 0. The Bertz CT molecular complexity index is 861. The number of hydrogen-bond donors (Lipinski definition) is 0. The van der Waals surface area contributed by atoms with E-state index in [-0.39, 0.29) is 0 Å². The molecule has 108 valence electrons. The van der Waals surface area contributed by atoms with E-state index in [1.807, 2.05) is 18.2 Å². The first-order valence-corrected chi connectivity index (χ1v) is 6.36. The topological polar surface area (TPSA) is 86.7 Å². The van der Waals surface area contributed by atoms with Gasteiger partial charge in [-0.15, -0.1) is 0 Å². The lowest BCUT2D eigenvalue weighted by Gasteiger charge is -2.06. The van der Waals surface area contributed by atoms with E-state index in [0.29, 0.717) is 28.6 Å². The first kappa shape index (κ1) is 13.2. The Morgan fingerprint density at radius 2 is 1.48 bits per heavy atom. The van der Waals surface area contributed by atoms with Crippen molar-refractivity contribution in [1.29, 1.82) is 0 Å². The quantitative estimate of drug-likeness (QED) is 0.736. The molecule has 2 heterocycles. The molecule has 0 bridgehead atoms. The molecule has 0 saturated heterocycles. The molecule has 2 aromatic heterocycles. The molecular formula is C15H12O6. The summed E-state index contributed by atoms with van der Waals surface area (Å²) in [6, 6.07) is 9.08. The van der Waals surface area contributed by atoms with E-state index in [1.165, 1.54) is 0 Å². The summed E-state index contributed by atoms with van der Waals surface area (Å²) in [4.78, 5) is 22.6. The smallest absolute Gasteiger partial charge is 0.396 e. The van der Waals surface area contributed by atoms with Gasteiger partial charge in [-0.25, -0.2) is 9.59 Å². The molecule has 1 atom stereocenters. The van der Waals surface area contributed by atoms with Crippen molar-refractivity contribution in [2.24, 2.45) is 0 Å². The van der Waals surface area contributed by atoms with Crippen molar-refractivity contribution in [3.8, 4) is 11.3 Å². The van der Waals surface area contributed by atoms with E-state index in [1.54, 1.807) is 26.0 Å². The van der Waals surface area contributed by atoms with Gasteiger partial charge in [-0.3, -0.25) is 0 Å². The van der Waals surface area contributed by atoms with Crippen LogP contribution in [0.2, 0.25) is 0 Å². The first-order valence-electron chi connectivity index (χ1n) is 6.36. The molecule has 6 heteroatoms. The second kappa shape index (κ2) is 4.97. The Hall–Kier alpha value is -2.76. The summed E-state index contributed by atoms with van der Waals surface area (Å²) < 4.78 is 20.1. The molecule has 21 heavy (non-hydrogen) atoms. The van der Waals surface area contributed by atoms with Gasteiger partial charge in [0.25, 0.3) is 0 Å². The molecule has 0 aliphatic carbocycles. The second-order valence-electron chi connectivity index (χ2n) is 4.61. The van der Waals surface area contributed by atoms with Crippen LogP contribution in [0.1, 0.15) is 30.1 Å². The zero-order valence-corrected chi connectivity index (χ0v) is 11.4. The maximum atomic E-state index is 11.5. The summed E-state index contributed by atoms with van der Waals surface area (Å²) in [6.45, 7) is 3.35. The molecule has 3 rings (SSSR count). The Balaban J connectivity index is 2.13. The van der Waals surface area contributed by atoms with Crippen LogP contribution in [0.3, 0.4) is 0 Å². The van der Waals surface area contributed by atoms with Crippen LogP contribution in [0.25, 0.3) is 11.3 Å². The average Bonchev–Trinajstić information content (AvgIpc) is 3.02. The number of aryl methyl sites for hydroxylation is 1. The molecule has 0 aliphatic heterocycles. The van der Waals surface area contributed by atoms with E-state index in [4.69, 9.17) is 17.7 Å². The van der Waals surface area contributed by atoms with Gasteiger partial charge in [-0.2, -0.15) is 0 Å². The Morgan fingerprint density at radius 1 is 0.857 bits per heavy atom. The second-order valence-corrected chi connectivity index (χ2v) is 4.61. The van der Waals surface area contributed by atoms with Gasteiger partial charge >= 0.3 is 11.6 Å². The third kappa shape index (κ3) is 2.35. The predicted molar refractivity (Wildman–Crippen MR) is 72.2 cm³/mol. The highest BCUT2D eigenvalue weighted by atomic mass is 16.6. The maximum Gasteiger partial charge on any atom is 0.519 e. The highest BCUT2D eigenvalue weighted by molar-refractivity contribution is 5.59. The van der Waals surface area contributed by atoms with Crippen molar-refractivity contribution in [2.45, 2.75) is 19.8 Å². The van der Waals surface area contributed by atoms with Gasteiger partial charge in [-0.05, 0) is 13.8 Å². The van der Waals surface area contributed by atoms with Gasteiger partial charge in [0.2, 0.25) is 0 Å². The van der Waals surface area contributed by atoms with E-state index < -0.39 is 17.6 Å². The standard InChI is InChI=1S/C15H12O6/c1-8(11-9(2)18-14(16)19-11)12-13(21-15(17)20-12)10-6-4-3-5-7-10/h3-8H,1-2H3. The summed E-state index contributed by atoms with van der Waals surface area (Å²) in [7, 11) is 0. The third-order valence-corrected chi connectivity index (χ3v) is 3.20. The highest BCUT2D eigenvalue weighted by Gasteiger charge is 2.27. The third-order valence-electron chi connectivity index (χ3n) is 3.20. The average molecular weight is 288 g/mol. The summed E-state index contributed by atoms with van der Waals surface area (Å²) in [5, 5.41) is 0. The van der Waals surface area contributed by atoms with Gasteiger partial charge in [0, 0.05) is 5.56 Å². The fourth-order valence-electron chi connectivity index (χ4n) is 2.24. The van der Waals surface area contributed by atoms with E-state index in [0.717, 1.165) is 0 Å². The van der Waals surface area contributed by atoms with Crippen molar-refractivity contribution in [1.82, 2.24) is 0 Å². The molecule has 3 aromatic rings. The lowest BCUT2D eigenvalue weighted by atomic mass is 10.0. The maximum absolute atomic E-state index is 11.5. The lowest BCUT2D eigenvalue weighted by molar-refractivity contribution is 0.350. The fraction of sp³-hybridized carbons (Fsp3) is 0.200. The fourth-order valence-corrected chi connectivity index (χ4v) is 2.24. The molecule has 0 fully saturated rings. The van der Waals surface area contributed by atoms with Crippen LogP contribution in [-0.2, 0) is 0 Å². The monoisotopic (exact) mass is 288 g/mol. The zero-order valence-electron chi connectivity index (χ0n) is 11.4. The van der Waals surface area contributed by atoms with Crippen LogP contribution >= 0.6 is 0 Å². The molecule has 0 radical (unpaired) electrons. The van der Waals surface area contributed by atoms with Crippen molar-refractivity contribution in [3.05, 3.63) is 68.8 Å². The molecule has 0 aliphatic rings. The van der Waals surface area contributed by atoms with Gasteiger partial charge in [0.1, 0.15) is 5.76 Å². The summed E-state index contributed by atoms with van der Waals surface area (Å²) >= 11 is 0. The first-order chi connectivity index (χ1) is 10.1. The minimum absolute atomic E-state index is 0.291. The van der Waals surface area contributed by atoms with E-state index >= 15 is 0 Å². The number of rotatable bonds is 3. The van der Waals surface area contributed by atoms with Crippen molar-refractivity contribution in [2.75, 3.05) is 0 Å². The molecule has 0 N–H and O–H groups in total. The van der Waals surface area contributed by atoms with E-state index in [9.17, 15) is 9.59 Å². The Labute approximate surface area is 118 Å². The summed E-state index contributed by atoms with van der Waals surface area (Å²) in [5.41, 5.74) is 0.702. The minimum atomic E-state index is -0.806. The number of hydrogen-bond acceptors (Lipinski definition) is 6. The molecule has 6 nitrogen and oxygen atoms in total. The number of benzene rings is 1.